The standard InChI is InChI=1S/C15H15N5S/c1-11(12-7-3-5-9-16-12)20(2)15-19-18-14(21-15)13-8-4-6-10-17-13/h3-11H,1-2H3. The Labute approximate surface area is 127 Å². The largest absolute Gasteiger partial charge is 0.341 e. The maximum absolute atomic E-state index is 4.39. The molecule has 0 aliphatic rings. The molecule has 0 radical (unpaired) electrons. The van der Waals surface area contributed by atoms with E-state index in [0.717, 1.165) is 21.5 Å². The summed E-state index contributed by atoms with van der Waals surface area (Å²) in [5, 5.41) is 10.2. The van der Waals surface area contributed by atoms with E-state index < -0.39 is 0 Å². The average molecular weight is 297 g/mol. The molecule has 6 heteroatoms. The van der Waals surface area contributed by atoms with Gasteiger partial charge in [-0.1, -0.05) is 23.5 Å². The van der Waals surface area contributed by atoms with Gasteiger partial charge in [-0.3, -0.25) is 9.97 Å². The molecular weight excluding hydrogens is 282 g/mol. The number of hydrogen-bond acceptors (Lipinski definition) is 6. The second kappa shape index (κ2) is 5.97. The highest BCUT2D eigenvalue weighted by atomic mass is 32.1. The molecule has 0 spiro atoms. The van der Waals surface area contributed by atoms with E-state index in [1.807, 2.05) is 43.4 Å². The van der Waals surface area contributed by atoms with Gasteiger partial charge in [0.25, 0.3) is 0 Å². The molecule has 3 rings (SSSR count). The van der Waals surface area contributed by atoms with Gasteiger partial charge in [-0.2, -0.15) is 0 Å². The van der Waals surface area contributed by atoms with Gasteiger partial charge >= 0.3 is 0 Å². The van der Waals surface area contributed by atoms with Crippen molar-refractivity contribution < 1.29 is 0 Å². The molecular formula is C15H15N5S. The van der Waals surface area contributed by atoms with Crippen molar-refractivity contribution in [3.8, 4) is 10.7 Å². The molecule has 0 saturated carbocycles. The van der Waals surface area contributed by atoms with E-state index in [9.17, 15) is 0 Å². The predicted octanol–water partition coefficient (Wildman–Crippen LogP) is 3.19. The van der Waals surface area contributed by atoms with Crippen molar-refractivity contribution in [3.63, 3.8) is 0 Å². The van der Waals surface area contributed by atoms with Crippen LogP contribution in [0.25, 0.3) is 10.7 Å². The zero-order valence-electron chi connectivity index (χ0n) is 11.8. The Morgan fingerprint density at radius 1 is 1.00 bits per heavy atom. The summed E-state index contributed by atoms with van der Waals surface area (Å²) in [5.41, 5.74) is 1.86. The number of pyridine rings is 2. The summed E-state index contributed by atoms with van der Waals surface area (Å²) in [6, 6.07) is 11.8. The van der Waals surface area contributed by atoms with Crippen LogP contribution in [0.2, 0.25) is 0 Å². The lowest BCUT2D eigenvalue weighted by atomic mass is 10.2. The average Bonchev–Trinajstić information content (AvgIpc) is 3.05. The second-order valence-electron chi connectivity index (χ2n) is 4.65. The predicted molar refractivity (Wildman–Crippen MR) is 84.2 cm³/mol. The smallest absolute Gasteiger partial charge is 0.208 e. The van der Waals surface area contributed by atoms with Crippen molar-refractivity contribution in [2.45, 2.75) is 13.0 Å². The Morgan fingerprint density at radius 3 is 2.43 bits per heavy atom. The van der Waals surface area contributed by atoms with E-state index in [1.165, 1.54) is 11.3 Å². The van der Waals surface area contributed by atoms with E-state index in [4.69, 9.17) is 0 Å². The van der Waals surface area contributed by atoms with Gasteiger partial charge in [-0.15, -0.1) is 10.2 Å². The van der Waals surface area contributed by atoms with Crippen LogP contribution >= 0.6 is 11.3 Å². The third-order valence-corrected chi connectivity index (χ3v) is 4.33. The molecule has 0 saturated heterocycles. The molecule has 0 N–H and O–H groups in total. The highest BCUT2D eigenvalue weighted by Crippen LogP contribution is 2.30. The third-order valence-electron chi connectivity index (χ3n) is 3.30. The van der Waals surface area contributed by atoms with Gasteiger partial charge in [0.2, 0.25) is 5.13 Å². The van der Waals surface area contributed by atoms with Crippen LogP contribution in [-0.4, -0.2) is 27.2 Å². The topological polar surface area (TPSA) is 54.8 Å². The van der Waals surface area contributed by atoms with Gasteiger partial charge in [0.15, 0.2) is 5.01 Å². The van der Waals surface area contributed by atoms with Crippen LogP contribution < -0.4 is 4.90 Å². The fraction of sp³-hybridized carbons (Fsp3) is 0.200. The monoisotopic (exact) mass is 297 g/mol. The quantitative estimate of drug-likeness (QED) is 0.740. The fourth-order valence-corrected chi connectivity index (χ4v) is 2.80. The molecule has 0 aliphatic heterocycles. The molecule has 0 amide bonds. The van der Waals surface area contributed by atoms with E-state index in [1.54, 1.807) is 12.4 Å². The van der Waals surface area contributed by atoms with Gasteiger partial charge in [-0.05, 0) is 31.2 Å². The molecule has 5 nitrogen and oxygen atoms in total. The summed E-state index contributed by atoms with van der Waals surface area (Å²) in [6.07, 6.45) is 3.57. The highest BCUT2D eigenvalue weighted by Gasteiger charge is 2.17. The third kappa shape index (κ3) is 2.90. The van der Waals surface area contributed by atoms with E-state index >= 15 is 0 Å². The van der Waals surface area contributed by atoms with Crippen LogP contribution in [0.15, 0.2) is 48.8 Å². The molecule has 0 bridgehead atoms. The van der Waals surface area contributed by atoms with Crippen LogP contribution in [-0.2, 0) is 0 Å². The van der Waals surface area contributed by atoms with Crippen LogP contribution in [0.5, 0.6) is 0 Å². The van der Waals surface area contributed by atoms with Crippen molar-refractivity contribution in [1.82, 2.24) is 20.2 Å². The van der Waals surface area contributed by atoms with Gasteiger partial charge in [-0.25, -0.2) is 0 Å². The number of aromatic nitrogens is 4. The minimum Gasteiger partial charge on any atom is -0.341 e. The first kappa shape index (κ1) is 13.6. The van der Waals surface area contributed by atoms with Crippen LogP contribution in [0.3, 0.4) is 0 Å². The van der Waals surface area contributed by atoms with Gasteiger partial charge < -0.3 is 4.90 Å². The first-order valence-electron chi connectivity index (χ1n) is 6.64. The minimum atomic E-state index is 0.135. The lowest BCUT2D eigenvalue weighted by Gasteiger charge is -2.22. The van der Waals surface area contributed by atoms with Crippen molar-refractivity contribution in [3.05, 3.63) is 54.5 Å². The Hall–Kier alpha value is -2.34. The summed E-state index contributed by atoms with van der Waals surface area (Å²) in [4.78, 5) is 10.8. The van der Waals surface area contributed by atoms with Crippen LogP contribution in [0.1, 0.15) is 18.7 Å². The van der Waals surface area contributed by atoms with E-state index in [-0.39, 0.29) is 6.04 Å². The molecule has 1 atom stereocenters. The zero-order valence-corrected chi connectivity index (χ0v) is 12.7. The minimum absolute atomic E-state index is 0.135. The van der Waals surface area contributed by atoms with Crippen molar-refractivity contribution in [2.75, 3.05) is 11.9 Å². The highest BCUT2D eigenvalue weighted by molar-refractivity contribution is 7.18. The Kier molecular flexibility index (Phi) is 3.87. The number of anilines is 1. The lowest BCUT2D eigenvalue weighted by molar-refractivity contribution is 0.707. The molecule has 0 fully saturated rings. The number of rotatable bonds is 4. The number of nitrogens with zero attached hydrogens (tertiary/aromatic N) is 5. The first-order valence-corrected chi connectivity index (χ1v) is 7.46. The fourth-order valence-electron chi connectivity index (χ4n) is 1.94. The molecule has 21 heavy (non-hydrogen) atoms. The van der Waals surface area contributed by atoms with E-state index in [2.05, 4.69) is 32.0 Å². The van der Waals surface area contributed by atoms with Crippen molar-refractivity contribution in [1.29, 1.82) is 0 Å². The molecule has 1 unspecified atom stereocenters. The van der Waals surface area contributed by atoms with E-state index in [0.29, 0.717) is 0 Å². The summed E-state index contributed by atoms with van der Waals surface area (Å²) in [5.74, 6) is 0. The van der Waals surface area contributed by atoms with Gasteiger partial charge in [0, 0.05) is 19.4 Å². The summed E-state index contributed by atoms with van der Waals surface area (Å²) in [6.45, 7) is 2.10. The molecule has 3 aromatic rings. The van der Waals surface area contributed by atoms with Crippen LogP contribution in [0, 0.1) is 0 Å². The van der Waals surface area contributed by atoms with Crippen molar-refractivity contribution >= 4 is 16.5 Å². The number of hydrogen-bond donors (Lipinski definition) is 0. The first-order chi connectivity index (χ1) is 10.3. The maximum atomic E-state index is 4.39. The molecule has 106 valence electrons. The second-order valence-corrected chi connectivity index (χ2v) is 5.60. The van der Waals surface area contributed by atoms with Gasteiger partial charge in [0.1, 0.15) is 5.69 Å². The molecule has 3 aromatic heterocycles. The van der Waals surface area contributed by atoms with Gasteiger partial charge in [0.05, 0.1) is 11.7 Å². The summed E-state index contributed by atoms with van der Waals surface area (Å²) < 4.78 is 0. The lowest BCUT2D eigenvalue weighted by Crippen LogP contribution is -2.22. The SMILES string of the molecule is CC(c1ccccn1)N(C)c1nnc(-c2ccccn2)s1. The Morgan fingerprint density at radius 2 is 1.76 bits per heavy atom. The van der Waals surface area contributed by atoms with Crippen LogP contribution in [0.4, 0.5) is 5.13 Å². The normalized spacial score (nSPS) is 12.1. The summed E-state index contributed by atoms with van der Waals surface area (Å²) in [7, 11) is 2.00. The van der Waals surface area contributed by atoms with Crippen molar-refractivity contribution in [2.24, 2.45) is 0 Å². The zero-order chi connectivity index (χ0) is 14.7. The Bertz CT molecular complexity index is 698. The summed E-state index contributed by atoms with van der Waals surface area (Å²) >= 11 is 1.53. The molecule has 3 heterocycles. The molecule has 0 aromatic carbocycles. The maximum Gasteiger partial charge on any atom is 0.208 e. The molecule has 0 aliphatic carbocycles. The Balaban J connectivity index is 1.83.